The zero-order chi connectivity index (χ0) is 21.2. The average Bonchev–Trinajstić information content (AvgIpc) is 2.62. The van der Waals surface area contributed by atoms with Gasteiger partial charge in [0.05, 0.1) is 6.61 Å². The van der Waals surface area contributed by atoms with Crippen LogP contribution in [0.3, 0.4) is 0 Å². The van der Waals surface area contributed by atoms with Crippen LogP contribution in [0.4, 0.5) is 0 Å². The molecule has 12 N–H and O–H groups in total. The number of carbonyl (C=O) groups excluding carboxylic acids is 1. The summed E-state index contributed by atoms with van der Waals surface area (Å²) in [4.78, 5) is 20.6. The summed E-state index contributed by atoms with van der Waals surface area (Å²) in [6.07, 6.45) is -16.3. The minimum atomic E-state index is -2.27. The summed E-state index contributed by atoms with van der Waals surface area (Å²) in [6, 6.07) is 0. The molecule has 0 aliphatic carbocycles. The van der Waals surface area contributed by atoms with Crippen molar-refractivity contribution in [2.45, 2.75) is 49.0 Å². The summed E-state index contributed by atoms with van der Waals surface area (Å²) in [6.45, 7) is -1.85. The molecule has 0 aromatic heterocycles. The van der Waals surface area contributed by atoms with Crippen molar-refractivity contribution >= 4 is 11.8 Å². The summed E-state index contributed by atoms with van der Waals surface area (Å²) in [7, 11) is 0. The molecule has 0 spiro atoms. The van der Waals surface area contributed by atoms with Crippen molar-refractivity contribution in [1.82, 2.24) is 0 Å². The maximum absolute atomic E-state index is 10.5. The van der Waals surface area contributed by atoms with Crippen LogP contribution in [0, 0.1) is 0 Å². The Morgan fingerprint density at radius 3 is 1.37 bits per heavy atom. The summed E-state index contributed by atoms with van der Waals surface area (Å²) in [5.74, 6) is -2.84. The van der Waals surface area contributed by atoms with Crippen LogP contribution >= 0.6 is 0 Å². The van der Waals surface area contributed by atoms with Gasteiger partial charge in [-0.1, -0.05) is 0 Å². The molecule has 0 heterocycles. The Morgan fingerprint density at radius 2 is 1.07 bits per heavy atom. The summed E-state index contributed by atoms with van der Waals surface area (Å²) < 4.78 is 0. The average molecular weight is 447 g/mol. The van der Waals surface area contributed by atoms with Gasteiger partial charge in [-0.15, -0.1) is 0 Å². The maximum atomic E-state index is 10.5. The van der Waals surface area contributed by atoms with Crippen LogP contribution in [-0.4, -0.2) is 135 Å². The molecule has 0 aromatic carbocycles. The van der Waals surface area contributed by atoms with Crippen molar-refractivity contribution in [2.75, 3.05) is 13.2 Å². The van der Waals surface area contributed by atoms with E-state index in [9.17, 15) is 9.59 Å². The Hall–Kier alpha value is -0.781. The molecule has 7 atom stereocenters. The monoisotopic (exact) mass is 447 g/mol. The van der Waals surface area contributed by atoms with Gasteiger partial charge in [0.15, 0.2) is 18.2 Å². The van der Waals surface area contributed by atoms with Gasteiger partial charge in [0.1, 0.15) is 43.2 Å². The summed E-state index contributed by atoms with van der Waals surface area (Å²) in [5.41, 5.74) is 0. The second kappa shape index (κ2) is 15.2. The van der Waals surface area contributed by atoms with Gasteiger partial charge in [0, 0.05) is 17.1 Å². The Bertz CT molecular complexity index is 421. The number of hydrogen-bond donors (Lipinski definition) is 12. The van der Waals surface area contributed by atoms with Gasteiger partial charge >= 0.3 is 5.97 Å². The SMILES string of the molecule is O=C(CO)C(O)C(O)C(O)C(O)O.O=C(O)C(O)C(O)C(O)C(O)CO.[Mn]. The smallest absolute Gasteiger partial charge is 0.335 e. The summed E-state index contributed by atoms with van der Waals surface area (Å²) in [5, 5.41) is 103. The normalized spacial score (nSPS) is 18.7. The largest absolute Gasteiger partial charge is 0.479 e. The van der Waals surface area contributed by atoms with Crippen LogP contribution in [0.5, 0.6) is 0 Å². The number of ketones is 1. The molecule has 0 saturated carbocycles. The number of carbonyl (C=O) groups is 2. The Kier molecular flexibility index (Phi) is 17.4. The molecule has 1 radical (unpaired) electrons. The van der Waals surface area contributed by atoms with E-state index in [0.717, 1.165) is 0 Å². The number of aliphatic hydroxyl groups excluding tert-OH is 10. The molecular formula is C12H24MnO14. The maximum Gasteiger partial charge on any atom is 0.335 e. The first-order valence-electron chi connectivity index (χ1n) is 6.93. The zero-order valence-electron chi connectivity index (χ0n) is 13.6. The standard InChI is InChI=1S/2C6H12O7.Mn/c2*7-1-2(8)3(9)4(10)5(11)6(12)13;/h3-7,9-13H,1H2;2-5,7-11H,1H2,(H,12,13);. The van der Waals surface area contributed by atoms with Gasteiger partial charge in [-0.3, -0.25) is 4.79 Å². The third kappa shape index (κ3) is 11.0. The van der Waals surface area contributed by atoms with Gasteiger partial charge < -0.3 is 61.3 Å². The first-order chi connectivity index (χ1) is 11.8. The van der Waals surface area contributed by atoms with Crippen LogP contribution < -0.4 is 0 Å². The van der Waals surface area contributed by atoms with Gasteiger partial charge in [-0.25, -0.2) is 4.79 Å². The fourth-order valence-corrected chi connectivity index (χ4v) is 1.32. The molecule has 15 heteroatoms. The van der Waals surface area contributed by atoms with E-state index in [1.807, 2.05) is 0 Å². The first kappa shape index (κ1) is 30.9. The molecule has 0 aromatic rings. The molecule has 27 heavy (non-hydrogen) atoms. The molecule has 0 bridgehead atoms. The first-order valence-corrected chi connectivity index (χ1v) is 6.93. The predicted octanol–water partition coefficient (Wildman–Crippen LogP) is -7.55. The van der Waals surface area contributed by atoms with E-state index >= 15 is 0 Å². The second-order valence-corrected chi connectivity index (χ2v) is 4.98. The molecule has 0 aliphatic rings. The third-order valence-corrected chi connectivity index (χ3v) is 2.97. The van der Waals surface area contributed by atoms with Crippen molar-refractivity contribution in [3.63, 3.8) is 0 Å². The van der Waals surface area contributed by atoms with Crippen LogP contribution in [-0.2, 0) is 26.7 Å². The van der Waals surface area contributed by atoms with Crippen molar-refractivity contribution in [3.05, 3.63) is 0 Å². The van der Waals surface area contributed by atoms with E-state index in [1.54, 1.807) is 0 Å². The van der Waals surface area contributed by atoms with Crippen molar-refractivity contribution in [1.29, 1.82) is 0 Å². The van der Waals surface area contributed by atoms with E-state index in [2.05, 4.69) is 0 Å². The molecule has 0 aliphatic heterocycles. The van der Waals surface area contributed by atoms with E-state index in [1.165, 1.54) is 0 Å². The second-order valence-electron chi connectivity index (χ2n) is 4.98. The topological polar surface area (TPSA) is 277 Å². The van der Waals surface area contributed by atoms with Crippen LogP contribution in [0.15, 0.2) is 0 Å². The quantitative estimate of drug-likeness (QED) is 0.109. The van der Waals surface area contributed by atoms with Crippen molar-refractivity contribution in [2.24, 2.45) is 0 Å². The van der Waals surface area contributed by atoms with Crippen LogP contribution in [0.2, 0.25) is 0 Å². The molecular weight excluding hydrogens is 423 g/mol. The molecule has 14 nitrogen and oxygen atoms in total. The molecule has 163 valence electrons. The molecule has 0 rings (SSSR count). The molecule has 7 unspecified atom stereocenters. The number of aliphatic carboxylic acids is 1. The van der Waals surface area contributed by atoms with E-state index in [0.29, 0.717) is 0 Å². The Balaban J connectivity index is -0.000000411. The number of aliphatic hydroxyl groups is 11. The minimum Gasteiger partial charge on any atom is -0.479 e. The number of hydrogen-bond acceptors (Lipinski definition) is 13. The van der Waals surface area contributed by atoms with Crippen LogP contribution in [0.25, 0.3) is 0 Å². The van der Waals surface area contributed by atoms with Gasteiger partial charge in [-0.05, 0) is 0 Å². The van der Waals surface area contributed by atoms with Gasteiger partial charge in [0.25, 0.3) is 0 Å². The van der Waals surface area contributed by atoms with E-state index in [-0.39, 0.29) is 17.1 Å². The molecule has 0 amide bonds. The predicted molar refractivity (Wildman–Crippen MR) is 77.1 cm³/mol. The van der Waals surface area contributed by atoms with E-state index < -0.39 is 74.0 Å². The Morgan fingerprint density at radius 1 is 0.667 bits per heavy atom. The van der Waals surface area contributed by atoms with Crippen molar-refractivity contribution < 1.29 is 87.9 Å². The van der Waals surface area contributed by atoms with Gasteiger partial charge in [-0.2, -0.15) is 0 Å². The molecule has 0 fully saturated rings. The zero-order valence-corrected chi connectivity index (χ0v) is 14.8. The fraction of sp³-hybridized carbons (Fsp3) is 0.833. The summed E-state index contributed by atoms with van der Waals surface area (Å²) >= 11 is 0. The number of carboxylic acid groups (broad SMARTS) is 1. The number of rotatable bonds is 10. The fourth-order valence-electron chi connectivity index (χ4n) is 1.32. The molecule has 0 saturated heterocycles. The van der Waals surface area contributed by atoms with Crippen molar-refractivity contribution in [3.8, 4) is 0 Å². The number of Topliss-reactive ketones (excluding diaryl/α,β-unsaturated/α-hetero) is 1. The van der Waals surface area contributed by atoms with E-state index in [4.69, 9.17) is 61.3 Å². The minimum absolute atomic E-state index is 0. The Labute approximate surface area is 162 Å². The third-order valence-electron chi connectivity index (χ3n) is 2.97. The van der Waals surface area contributed by atoms with Crippen LogP contribution in [0.1, 0.15) is 0 Å². The van der Waals surface area contributed by atoms with Gasteiger partial charge in [0.2, 0.25) is 0 Å². The number of carboxylic acids is 1.